The summed E-state index contributed by atoms with van der Waals surface area (Å²) in [5.74, 6) is 0.00125. The number of amides is 1. The Labute approximate surface area is 160 Å². The Kier molecular flexibility index (Phi) is 6.14. The van der Waals surface area contributed by atoms with Gasteiger partial charge in [0.2, 0.25) is 5.88 Å². The fourth-order valence-electron chi connectivity index (χ4n) is 2.34. The van der Waals surface area contributed by atoms with Crippen LogP contribution >= 0.6 is 0 Å². The first kappa shape index (κ1) is 18.8. The zero-order valence-corrected chi connectivity index (χ0v) is 14.8. The summed E-state index contributed by atoms with van der Waals surface area (Å²) in [6.45, 7) is 0.0281. The van der Waals surface area contributed by atoms with Gasteiger partial charge in [-0.3, -0.25) is 14.9 Å². The van der Waals surface area contributed by atoms with Gasteiger partial charge in [0.15, 0.2) is 12.4 Å². The van der Waals surface area contributed by atoms with Gasteiger partial charge in [-0.15, -0.1) is 0 Å². The molecule has 0 saturated carbocycles. The number of aromatic nitrogens is 1. The molecule has 8 heteroatoms. The largest absolute Gasteiger partial charge is 0.477 e. The van der Waals surface area contributed by atoms with Crippen molar-refractivity contribution in [3.8, 4) is 11.6 Å². The normalized spacial score (nSPS) is 10.1. The van der Waals surface area contributed by atoms with E-state index in [0.717, 1.165) is 5.56 Å². The molecule has 1 heterocycles. The van der Waals surface area contributed by atoms with Gasteiger partial charge in [-0.05, 0) is 17.7 Å². The van der Waals surface area contributed by atoms with Gasteiger partial charge < -0.3 is 14.8 Å². The van der Waals surface area contributed by atoms with Crippen LogP contribution in [0, 0.1) is 10.1 Å². The Morgan fingerprint density at radius 3 is 2.46 bits per heavy atom. The first-order valence-electron chi connectivity index (χ1n) is 8.40. The molecule has 28 heavy (non-hydrogen) atoms. The van der Waals surface area contributed by atoms with Crippen LogP contribution in [0.2, 0.25) is 0 Å². The van der Waals surface area contributed by atoms with Gasteiger partial charge in [-0.25, -0.2) is 4.98 Å². The minimum absolute atomic E-state index is 0.0328. The van der Waals surface area contributed by atoms with Crippen LogP contribution in [0.25, 0.3) is 0 Å². The van der Waals surface area contributed by atoms with E-state index in [2.05, 4.69) is 10.3 Å². The van der Waals surface area contributed by atoms with Gasteiger partial charge in [0, 0.05) is 12.1 Å². The average molecular weight is 379 g/mol. The number of carbonyl (C=O) groups excluding carboxylic acids is 1. The Bertz CT molecular complexity index is 946. The van der Waals surface area contributed by atoms with Crippen molar-refractivity contribution < 1.29 is 19.2 Å². The molecule has 0 spiro atoms. The summed E-state index contributed by atoms with van der Waals surface area (Å²) in [6.07, 6.45) is 1.46. The second-order valence-electron chi connectivity index (χ2n) is 5.72. The zero-order chi connectivity index (χ0) is 19.8. The van der Waals surface area contributed by atoms with E-state index in [-0.39, 0.29) is 18.0 Å². The number of anilines is 1. The number of para-hydroxylation sites is 2. The average Bonchev–Trinajstić information content (AvgIpc) is 2.72. The molecule has 1 amide bonds. The van der Waals surface area contributed by atoms with E-state index < -0.39 is 10.8 Å². The molecule has 8 nitrogen and oxygen atoms in total. The fraction of sp³-hybridized carbons (Fsp3) is 0.100. The molecule has 0 aliphatic carbocycles. The van der Waals surface area contributed by atoms with Crippen LogP contribution in [0.3, 0.4) is 0 Å². The summed E-state index contributed by atoms with van der Waals surface area (Å²) < 4.78 is 10.8. The number of nitrogens with zero attached hydrogens (tertiary/aromatic N) is 2. The van der Waals surface area contributed by atoms with Crippen LogP contribution in [0.5, 0.6) is 11.6 Å². The topological polar surface area (TPSA) is 104 Å². The number of pyridine rings is 1. The summed E-state index contributed by atoms with van der Waals surface area (Å²) in [7, 11) is 0. The van der Waals surface area contributed by atoms with Gasteiger partial charge in [0.25, 0.3) is 5.91 Å². The van der Waals surface area contributed by atoms with E-state index in [4.69, 9.17) is 9.47 Å². The van der Waals surface area contributed by atoms with Gasteiger partial charge in [-0.2, -0.15) is 0 Å². The highest BCUT2D eigenvalue weighted by molar-refractivity contribution is 5.91. The molecule has 0 aliphatic heterocycles. The summed E-state index contributed by atoms with van der Waals surface area (Å²) in [5, 5.41) is 13.5. The summed E-state index contributed by atoms with van der Waals surface area (Å²) in [4.78, 5) is 26.5. The van der Waals surface area contributed by atoms with Crippen LogP contribution in [-0.2, 0) is 11.4 Å². The zero-order valence-electron chi connectivity index (χ0n) is 14.8. The predicted molar refractivity (Wildman–Crippen MR) is 102 cm³/mol. The van der Waals surface area contributed by atoms with Crippen molar-refractivity contribution in [1.82, 2.24) is 4.98 Å². The minimum atomic E-state index is -0.564. The Balaban J connectivity index is 1.50. The van der Waals surface area contributed by atoms with E-state index >= 15 is 0 Å². The summed E-state index contributed by atoms with van der Waals surface area (Å²) >= 11 is 0. The molecule has 3 aromatic rings. The highest BCUT2D eigenvalue weighted by Gasteiger charge is 2.15. The number of hydrogen-bond acceptors (Lipinski definition) is 6. The number of nitro groups is 1. The molecule has 2 aromatic carbocycles. The molecule has 0 aliphatic rings. The lowest BCUT2D eigenvalue weighted by molar-refractivity contribution is -0.385. The van der Waals surface area contributed by atoms with Crippen molar-refractivity contribution in [3.63, 3.8) is 0 Å². The molecular formula is C20H17N3O5. The SMILES string of the molecule is O=C(COc1ccccc1[N+](=O)[O-])Nc1ccc(OCc2ccccc2)nc1. The van der Waals surface area contributed by atoms with Crippen LogP contribution in [0.15, 0.2) is 72.9 Å². The van der Waals surface area contributed by atoms with Crippen molar-refractivity contribution in [2.45, 2.75) is 6.61 Å². The molecule has 3 rings (SSSR count). The fourth-order valence-corrected chi connectivity index (χ4v) is 2.34. The van der Waals surface area contributed by atoms with Crippen LogP contribution in [-0.4, -0.2) is 22.4 Å². The number of nitro benzene ring substituents is 1. The first-order chi connectivity index (χ1) is 13.6. The number of rotatable bonds is 8. The van der Waals surface area contributed by atoms with Crippen LogP contribution in [0.4, 0.5) is 11.4 Å². The molecule has 0 saturated heterocycles. The smallest absolute Gasteiger partial charge is 0.310 e. The third kappa shape index (κ3) is 5.28. The maximum atomic E-state index is 12.0. The van der Waals surface area contributed by atoms with Gasteiger partial charge in [-0.1, -0.05) is 42.5 Å². The molecule has 0 radical (unpaired) electrons. The second kappa shape index (κ2) is 9.13. The van der Waals surface area contributed by atoms with E-state index in [1.165, 1.54) is 24.4 Å². The molecule has 0 atom stereocenters. The Hall–Kier alpha value is -3.94. The molecular weight excluding hydrogens is 362 g/mol. The first-order valence-corrected chi connectivity index (χ1v) is 8.40. The molecule has 142 valence electrons. The van der Waals surface area contributed by atoms with Crippen LogP contribution < -0.4 is 14.8 Å². The van der Waals surface area contributed by atoms with Gasteiger partial charge in [0.1, 0.15) is 6.61 Å². The van der Waals surface area contributed by atoms with Crippen molar-refractivity contribution in [1.29, 1.82) is 0 Å². The van der Waals surface area contributed by atoms with Gasteiger partial charge in [0.05, 0.1) is 16.8 Å². The molecule has 0 fully saturated rings. The van der Waals surface area contributed by atoms with Crippen molar-refractivity contribution >= 4 is 17.3 Å². The molecule has 0 bridgehead atoms. The lowest BCUT2D eigenvalue weighted by Gasteiger charge is -2.09. The second-order valence-corrected chi connectivity index (χ2v) is 5.72. The van der Waals surface area contributed by atoms with E-state index in [1.807, 2.05) is 30.3 Å². The standard InChI is InChI=1S/C20H17N3O5/c24-19(14-27-18-9-5-4-8-17(18)23(25)26)22-16-10-11-20(21-12-16)28-13-15-6-2-1-3-7-15/h1-12H,13-14H2,(H,22,24). The monoisotopic (exact) mass is 379 g/mol. The Morgan fingerprint density at radius 1 is 1.00 bits per heavy atom. The minimum Gasteiger partial charge on any atom is -0.477 e. The van der Waals surface area contributed by atoms with Crippen molar-refractivity contribution in [2.24, 2.45) is 0 Å². The number of nitrogens with one attached hydrogen (secondary N) is 1. The van der Waals surface area contributed by atoms with Crippen molar-refractivity contribution in [3.05, 3.63) is 88.6 Å². The van der Waals surface area contributed by atoms with E-state index in [1.54, 1.807) is 18.2 Å². The lowest BCUT2D eigenvalue weighted by atomic mass is 10.2. The quantitative estimate of drug-likeness (QED) is 0.474. The molecule has 1 aromatic heterocycles. The molecule has 1 N–H and O–H groups in total. The number of benzene rings is 2. The third-order valence-electron chi connectivity index (χ3n) is 3.67. The number of ether oxygens (including phenoxy) is 2. The van der Waals surface area contributed by atoms with Crippen molar-refractivity contribution in [2.75, 3.05) is 11.9 Å². The highest BCUT2D eigenvalue weighted by atomic mass is 16.6. The predicted octanol–water partition coefficient (Wildman–Crippen LogP) is 3.59. The third-order valence-corrected chi connectivity index (χ3v) is 3.67. The number of carbonyl (C=O) groups is 1. The van der Waals surface area contributed by atoms with Crippen LogP contribution in [0.1, 0.15) is 5.56 Å². The Morgan fingerprint density at radius 2 is 1.75 bits per heavy atom. The van der Waals surface area contributed by atoms with E-state index in [9.17, 15) is 14.9 Å². The maximum absolute atomic E-state index is 12.0. The maximum Gasteiger partial charge on any atom is 0.310 e. The number of hydrogen-bond donors (Lipinski definition) is 1. The highest BCUT2D eigenvalue weighted by Crippen LogP contribution is 2.25. The lowest BCUT2D eigenvalue weighted by Crippen LogP contribution is -2.20. The molecule has 0 unspecified atom stereocenters. The summed E-state index contributed by atoms with van der Waals surface area (Å²) in [6, 6.07) is 18.8. The summed E-state index contributed by atoms with van der Waals surface area (Å²) in [5.41, 5.74) is 1.29. The van der Waals surface area contributed by atoms with E-state index in [0.29, 0.717) is 18.2 Å². The van der Waals surface area contributed by atoms with Gasteiger partial charge >= 0.3 is 5.69 Å².